The molecule has 1 N–H and O–H groups in total. The number of sulfonamides is 1. The van der Waals surface area contributed by atoms with Crippen molar-refractivity contribution in [2.24, 2.45) is 0 Å². The molecule has 3 atom stereocenters. The summed E-state index contributed by atoms with van der Waals surface area (Å²) < 4.78 is 38.4. The Labute approximate surface area is 131 Å². The minimum atomic E-state index is -3.44. The molecule has 3 rings (SSSR count). The second-order valence-corrected chi connectivity index (χ2v) is 7.30. The average molecular weight is 323 g/mol. The summed E-state index contributed by atoms with van der Waals surface area (Å²) in [5.41, 5.74) is 0.862. The topological polar surface area (TPSA) is 64.6 Å². The zero-order valence-corrected chi connectivity index (χ0v) is 13.2. The molecule has 120 valence electrons. The van der Waals surface area contributed by atoms with Crippen molar-refractivity contribution < 1.29 is 17.9 Å². The van der Waals surface area contributed by atoms with Crippen molar-refractivity contribution in [3.8, 4) is 0 Å². The van der Waals surface area contributed by atoms with Gasteiger partial charge in [-0.3, -0.25) is 0 Å². The van der Waals surface area contributed by atoms with Crippen LogP contribution in [0.4, 0.5) is 0 Å². The quantitative estimate of drug-likeness (QED) is 0.919. The van der Waals surface area contributed by atoms with Gasteiger partial charge in [-0.2, -0.15) is 0 Å². The minimum absolute atomic E-state index is 0.00769. The molecule has 1 aliphatic carbocycles. The third kappa shape index (κ3) is 4.16. The standard InChI is InChI=1S/C16H21NO4S/c18-22(19,11-8-13-4-2-1-3-5-13)17-14-6-7-15-16(12-14)21-10-9-20-15/h1-5,8,11,14-17H,6-7,9-10,12H2/b11-8+/t14-,15-,16+/m1/s1. The molecule has 1 saturated carbocycles. The van der Waals surface area contributed by atoms with Crippen LogP contribution in [0.25, 0.3) is 6.08 Å². The Morgan fingerprint density at radius 1 is 1.05 bits per heavy atom. The summed E-state index contributed by atoms with van der Waals surface area (Å²) in [6, 6.07) is 9.29. The second-order valence-electron chi connectivity index (χ2n) is 5.70. The maximum atomic E-state index is 12.2. The van der Waals surface area contributed by atoms with E-state index < -0.39 is 10.0 Å². The highest BCUT2D eigenvalue weighted by molar-refractivity contribution is 7.92. The first-order chi connectivity index (χ1) is 10.6. The molecule has 2 fully saturated rings. The summed E-state index contributed by atoms with van der Waals surface area (Å²) in [6.07, 6.45) is 4.02. The Balaban J connectivity index is 1.58. The van der Waals surface area contributed by atoms with Crippen LogP contribution in [0.2, 0.25) is 0 Å². The number of benzene rings is 1. The number of fused-ring (bicyclic) bond motifs is 1. The molecular formula is C16H21NO4S. The molecule has 0 radical (unpaired) electrons. The first kappa shape index (κ1) is 15.7. The molecule has 22 heavy (non-hydrogen) atoms. The Morgan fingerprint density at radius 3 is 2.55 bits per heavy atom. The van der Waals surface area contributed by atoms with E-state index in [-0.39, 0.29) is 18.2 Å². The van der Waals surface area contributed by atoms with Gasteiger partial charge in [0.05, 0.1) is 25.4 Å². The first-order valence-electron chi connectivity index (χ1n) is 7.61. The van der Waals surface area contributed by atoms with Crippen molar-refractivity contribution in [3.63, 3.8) is 0 Å². The fraction of sp³-hybridized carbons (Fsp3) is 0.500. The van der Waals surface area contributed by atoms with E-state index in [1.165, 1.54) is 5.41 Å². The van der Waals surface area contributed by atoms with Crippen molar-refractivity contribution in [1.29, 1.82) is 0 Å². The molecular weight excluding hydrogens is 302 g/mol. The molecule has 6 heteroatoms. The predicted octanol–water partition coefficient (Wildman–Crippen LogP) is 1.91. The van der Waals surface area contributed by atoms with Crippen LogP contribution < -0.4 is 4.72 Å². The highest BCUT2D eigenvalue weighted by Crippen LogP contribution is 2.27. The molecule has 1 aromatic rings. The summed E-state index contributed by atoms with van der Waals surface area (Å²) in [5.74, 6) is 0. The molecule has 0 aromatic heterocycles. The highest BCUT2D eigenvalue weighted by Gasteiger charge is 2.35. The summed E-state index contributed by atoms with van der Waals surface area (Å²) >= 11 is 0. The van der Waals surface area contributed by atoms with E-state index in [0.29, 0.717) is 19.6 Å². The summed E-state index contributed by atoms with van der Waals surface area (Å²) in [5, 5.41) is 1.23. The van der Waals surface area contributed by atoms with E-state index in [9.17, 15) is 8.42 Å². The lowest BCUT2D eigenvalue weighted by Crippen LogP contribution is -2.48. The largest absolute Gasteiger partial charge is 0.373 e. The summed E-state index contributed by atoms with van der Waals surface area (Å²) in [7, 11) is -3.44. The maximum absolute atomic E-state index is 12.2. The minimum Gasteiger partial charge on any atom is -0.373 e. The zero-order valence-electron chi connectivity index (χ0n) is 12.4. The van der Waals surface area contributed by atoms with E-state index in [1.54, 1.807) is 6.08 Å². The van der Waals surface area contributed by atoms with Gasteiger partial charge in [-0.05, 0) is 30.9 Å². The molecule has 0 spiro atoms. The van der Waals surface area contributed by atoms with Crippen LogP contribution in [0.5, 0.6) is 0 Å². The molecule has 2 aliphatic rings. The van der Waals surface area contributed by atoms with Gasteiger partial charge in [0.1, 0.15) is 0 Å². The maximum Gasteiger partial charge on any atom is 0.233 e. The zero-order chi connectivity index (χ0) is 15.4. The highest BCUT2D eigenvalue weighted by atomic mass is 32.2. The van der Waals surface area contributed by atoms with Crippen molar-refractivity contribution in [2.75, 3.05) is 13.2 Å². The number of nitrogens with one attached hydrogen (secondary N) is 1. The number of hydrogen-bond donors (Lipinski definition) is 1. The Bertz CT molecular complexity index is 614. The van der Waals surface area contributed by atoms with Gasteiger partial charge >= 0.3 is 0 Å². The van der Waals surface area contributed by atoms with Crippen LogP contribution in [0, 0.1) is 0 Å². The SMILES string of the molecule is O=S(=O)(/C=C/c1ccccc1)N[C@@H]1CC[C@H]2OCCO[C@H]2C1. The Hall–Kier alpha value is -1.21. The number of rotatable bonds is 4. The molecule has 1 saturated heterocycles. The van der Waals surface area contributed by atoms with Gasteiger partial charge in [0.2, 0.25) is 10.0 Å². The van der Waals surface area contributed by atoms with Gasteiger partial charge in [-0.15, -0.1) is 0 Å². The second kappa shape index (κ2) is 6.91. The van der Waals surface area contributed by atoms with Crippen LogP contribution in [0.1, 0.15) is 24.8 Å². The molecule has 0 unspecified atom stereocenters. The summed E-state index contributed by atoms with van der Waals surface area (Å²) in [4.78, 5) is 0. The van der Waals surface area contributed by atoms with Crippen molar-refractivity contribution in [3.05, 3.63) is 41.3 Å². The van der Waals surface area contributed by atoms with Crippen LogP contribution >= 0.6 is 0 Å². The van der Waals surface area contributed by atoms with Gasteiger partial charge in [-0.25, -0.2) is 13.1 Å². The lowest BCUT2D eigenvalue weighted by molar-refractivity contribution is -0.156. The van der Waals surface area contributed by atoms with Crippen LogP contribution in [-0.2, 0) is 19.5 Å². The first-order valence-corrected chi connectivity index (χ1v) is 9.16. The van der Waals surface area contributed by atoms with Gasteiger partial charge in [0.15, 0.2) is 0 Å². The van der Waals surface area contributed by atoms with Crippen LogP contribution in [0.3, 0.4) is 0 Å². The van der Waals surface area contributed by atoms with Crippen LogP contribution in [0.15, 0.2) is 35.7 Å². The van der Waals surface area contributed by atoms with E-state index in [1.807, 2.05) is 30.3 Å². The van der Waals surface area contributed by atoms with Gasteiger partial charge in [-0.1, -0.05) is 30.3 Å². The third-order valence-electron chi connectivity index (χ3n) is 4.05. The lowest BCUT2D eigenvalue weighted by Gasteiger charge is -2.38. The normalized spacial score (nSPS) is 29.4. The smallest absolute Gasteiger partial charge is 0.233 e. The molecule has 1 aliphatic heterocycles. The van der Waals surface area contributed by atoms with Crippen molar-refractivity contribution >= 4 is 16.1 Å². The van der Waals surface area contributed by atoms with E-state index in [2.05, 4.69) is 4.72 Å². The molecule has 1 heterocycles. The molecule has 1 aromatic carbocycles. The number of hydrogen-bond acceptors (Lipinski definition) is 4. The van der Waals surface area contributed by atoms with Gasteiger partial charge in [0, 0.05) is 11.4 Å². The fourth-order valence-corrected chi connectivity index (χ4v) is 4.07. The average Bonchev–Trinajstić information content (AvgIpc) is 2.54. The van der Waals surface area contributed by atoms with E-state index in [4.69, 9.17) is 9.47 Å². The Kier molecular flexibility index (Phi) is 4.93. The summed E-state index contributed by atoms with van der Waals surface area (Å²) in [6.45, 7) is 1.23. The molecule has 5 nitrogen and oxygen atoms in total. The fourth-order valence-electron chi connectivity index (χ4n) is 2.98. The van der Waals surface area contributed by atoms with Gasteiger partial charge < -0.3 is 9.47 Å². The predicted molar refractivity (Wildman–Crippen MR) is 84.7 cm³/mol. The molecule has 0 amide bonds. The van der Waals surface area contributed by atoms with E-state index in [0.717, 1.165) is 18.4 Å². The third-order valence-corrected chi connectivity index (χ3v) is 5.20. The molecule has 0 bridgehead atoms. The Morgan fingerprint density at radius 2 is 1.77 bits per heavy atom. The number of ether oxygens (including phenoxy) is 2. The van der Waals surface area contributed by atoms with Crippen LogP contribution in [-0.4, -0.2) is 39.9 Å². The van der Waals surface area contributed by atoms with E-state index >= 15 is 0 Å². The van der Waals surface area contributed by atoms with Gasteiger partial charge in [0.25, 0.3) is 0 Å². The monoisotopic (exact) mass is 323 g/mol. The van der Waals surface area contributed by atoms with Crippen molar-refractivity contribution in [1.82, 2.24) is 4.72 Å². The lowest BCUT2D eigenvalue weighted by atomic mass is 9.90. The van der Waals surface area contributed by atoms with Crippen molar-refractivity contribution in [2.45, 2.75) is 37.5 Å².